The topological polar surface area (TPSA) is 17.1 Å². The molecule has 0 bridgehead atoms. The highest BCUT2D eigenvalue weighted by Gasteiger charge is 2.21. The van der Waals surface area contributed by atoms with Crippen molar-refractivity contribution in [2.45, 2.75) is 12.3 Å². The Balaban J connectivity index is 1.78. The lowest BCUT2D eigenvalue weighted by molar-refractivity contribution is 0.0978. The average Bonchev–Trinajstić information content (AvgIpc) is 2.73. The monoisotopic (exact) mass is 414 g/mol. The maximum Gasteiger partial charge on any atom is 0.163 e. The summed E-state index contributed by atoms with van der Waals surface area (Å²) < 4.78 is 0.979. The normalized spacial score (nSPS) is 12.0. The van der Waals surface area contributed by atoms with E-state index in [9.17, 15) is 4.79 Å². The zero-order valence-electron chi connectivity index (χ0n) is 14.8. The largest absolute Gasteiger partial charge is 0.294 e. The number of ketones is 1. The molecule has 2 heteroatoms. The first kappa shape index (κ1) is 17.7. The standard InChI is InChI=1S/C25H19BrO/c26-21-15-13-20(14-16-21)25(27)17-24(19-7-2-1-3-8-19)23-12-6-10-18-9-4-5-11-22(18)23/h1-16,24H,17H2/t24-/m1/s1. The summed E-state index contributed by atoms with van der Waals surface area (Å²) in [4.78, 5) is 13.0. The molecular weight excluding hydrogens is 396 g/mol. The van der Waals surface area contributed by atoms with Crippen LogP contribution in [0, 0.1) is 0 Å². The number of rotatable bonds is 5. The quantitative estimate of drug-likeness (QED) is 0.321. The van der Waals surface area contributed by atoms with Crippen LogP contribution in [0.15, 0.2) is 102 Å². The first-order valence-corrected chi connectivity index (χ1v) is 9.83. The van der Waals surface area contributed by atoms with Gasteiger partial charge >= 0.3 is 0 Å². The number of carbonyl (C=O) groups excluding carboxylic acids is 1. The first-order valence-electron chi connectivity index (χ1n) is 9.04. The van der Waals surface area contributed by atoms with Gasteiger partial charge in [-0.1, -0.05) is 101 Å². The van der Waals surface area contributed by atoms with Crippen molar-refractivity contribution in [3.05, 3.63) is 118 Å². The Morgan fingerprint density at radius 1 is 0.741 bits per heavy atom. The van der Waals surface area contributed by atoms with Crippen molar-refractivity contribution >= 4 is 32.5 Å². The third-order valence-corrected chi connectivity index (χ3v) is 5.49. The Kier molecular flexibility index (Phi) is 5.17. The Bertz CT molecular complexity index is 1060. The summed E-state index contributed by atoms with van der Waals surface area (Å²) in [6, 6.07) is 32.7. The first-order chi connectivity index (χ1) is 13.2. The summed E-state index contributed by atoms with van der Waals surface area (Å²) in [5, 5.41) is 2.41. The van der Waals surface area contributed by atoms with Crippen LogP contribution in [0.2, 0.25) is 0 Å². The van der Waals surface area contributed by atoms with Gasteiger partial charge in [0.25, 0.3) is 0 Å². The SMILES string of the molecule is O=C(C[C@H](c1ccccc1)c1cccc2ccccc12)c1ccc(Br)cc1. The van der Waals surface area contributed by atoms with Crippen molar-refractivity contribution in [1.82, 2.24) is 0 Å². The second kappa shape index (κ2) is 7.89. The van der Waals surface area contributed by atoms with Crippen LogP contribution in [0.4, 0.5) is 0 Å². The van der Waals surface area contributed by atoms with Gasteiger partial charge in [-0.05, 0) is 34.0 Å². The van der Waals surface area contributed by atoms with Crippen molar-refractivity contribution in [1.29, 1.82) is 0 Å². The molecule has 1 atom stereocenters. The summed E-state index contributed by atoms with van der Waals surface area (Å²) in [6.45, 7) is 0. The van der Waals surface area contributed by atoms with Gasteiger partial charge in [-0.15, -0.1) is 0 Å². The van der Waals surface area contributed by atoms with Crippen LogP contribution in [0.1, 0.15) is 33.8 Å². The van der Waals surface area contributed by atoms with E-state index in [0.717, 1.165) is 10.0 Å². The van der Waals surface area contributed by atoms with E-state index in [-0.39, 0.29) is 11.7 Å². The van der Waals surface area contributed by atoms with E-state index in [4.69, 9.17) is 0 Å². The number of halogens is 1. The van der Waals surface area contributed by atoms with Crippen LogP contribution in [0.5, 0.6) is 0 Å². The van der Waals surface area contributed by atoms with Crippen molar-refractivity contribution in [3.8, 4) is 0 Å². The van der Waals surface area contributed by atoms with Gasteiger partial charge in [-0.2, -0.15) is 0 Å². The Morgan fingerprint density at radius 3 is 2.19 bits per heavy atom. The van der Waals surface area contributed by atoms with Gasteiger partial charge in [0.2, 0.25) is 0 Å². The summed E-state index contributed by atoms with van der Waals surface area (Å²) in [5.74, 6) is 0.178. The third-order valence-electron chi connectivity index (χ3n) is 4.96. The fourth-order valence-electron chi connectivity index (χ4n) is 3.59. The average molecular weight is 415 g/mol. The van der Waals surface area contributed by atoms with Crippen molar-refractivity contribution < 1.29 is 4.79 Å². The number of hydrogen-bond acceptors (Lipinski definition) is 1. The maximum absolute atomic E-state index is 13.0. The minimum Gasteiger partial charge on any atom is -0.294 e. The highest BCUT2D eigenvalue weighted by molar-refractivity contribution is 9.10. The second-order valence-electron chi connectivity index (χ2n) is 6.67. The maximum atomic E-state index is 13.0. The molecule has 0 fully saturated rings. The molecule has 0 spiro atoms. The highest BCUT2D eigenvalue weighted by atomic mass is 79.9. The summed E-state index contributed by atoms with van der Waals surface area (Å²) in [6.07, 6.45) is 0.444. The molecule has 132 valence electrons. The molecule has 0 saturated carbocycles. The molecule has 0 saturated heterocycles. The minimum atomic E-state index is 0.0217. The van der Waals surface area contributed by atoms with Crippen LogP contribution in [0.25, 0.3) is 10.8 Å². The summed E-state index contributed by atoms with van der Waals surface area (Å²) >= 11 is 3.43. The summed E-state index contributed by atoms with van der Waals surface area (Å²) in [5.41, 5.74) is 3.11. The zero-order valence-corrected chi connectivity index (χ0v) is 16.4. The van der Waals surface area contributed by atoms with Crippen molar-refractivity contribution in [2.75, 3.05) is 0 Å². The van der Waals surface area contributed by atoms with E-state index in [1.807, 2.05) is 42.5 Å². The van der Waals surface area contributed by atoms with E-state index < -0.39 is 0 Å². The van der Waals surface area contributed by atoms with Gasteiger partial charge in [0, 0.05) is 22.4 Å². The smallest absolute Gasteiger partial charge is 0.163 e. The summed E-state index contributed by atoms with van der Waals surface area (Å²) in [7, 11) is 0. The van der Waals surface area contributed by atoms with Crippen molar-refractivity contribution in [2.24, 2.45) is 0 Å². The van der Waals surface area contributed by atoms with Crippen LogP contribution in [-0.2, 0) is 0 Å². The Labute approximate surface area is 167 Å². The molecule has 0 N–H and O–H groups in total. The molecule has 1 nitrogen and oxygen atoms in total. The highest BCUT2D eigenvalue weighted by Crippen LogP contribution is 2.34. The second-order valence-corrected chi connectivity index (χ2v) is 7.58. The van der Waals surface area contributed by atoms with E-state index in [1.165, 1.54) is 21.9 Å². The molecule has 0 aliphatic heterocycles. The van der Waals surface area contributed by atoms with Gasteiger partial charge in [0.15, 0.2) is 5.78 Å². The Hall–Kier alpha value is -2.71. The van der Waals surface area contributed by atoms with Gasteiger partial charge in [-0.3, -0.25) is 4.79 Å². The molecule has 0 aliphatic carbocycles. The fraction of sp³-hybridized carbons (Fsp3) is 0.0800. The molecule has 0 amide bonds. The molecule has 0 aromatic heterocycles. The predicted octanol–water partition coefficient (Wildman–Crippen LogP) is 7.01. The number of fused-ring (bicyclic) bond motifs is 1. The zero-order chi connectivity index (χ0) is 18.6. The number of hydrogen-bond donors (Lipinski definition) is 0. The lowest BCUT2D eigenvalue weighted by Gasteiger charge is -2.20. The molecule has 0 radical (unpaired) electrons. The van der Waals surface area contributed by atoms with E-state index in [1.54, 1.807) is 0 Å². The van der Waals surface area contributed by atoms with E-state index in [0.29, 0.717) is 6.42 Å². The lowest BCUT2D eigenvalue weighted by Crippen LogP contribution is -2.09. The van der Waals surface area contributed by atoms with Gasteiger partial charge < -0.3 is 0 Å². The Morgan fingerprint density at radius 2 is 1.41 bits per heavy atom. The molecule has 0 heterocycles. The molecule has 0 unspecified atom stereocenters. The van der Waals surface area contributed by atoms with Crippen LogP contribution in [0.3, 0.4) is 0 Å². The molecule has 4 aromatic carbocycles. The van der Waals surface area contributed by atoms with E-state index >= 15 is 0 Å². The van der Waals surface area contributed by atoms with Crippen molar-refractivity contribution in [3.63, 3.8) is 0 Å². The van der Waals surface area contributed by atoms with Gasteiger partial charge in [0.1, 0.15) is 0 Å². The third kappa shape index (κ3) is 3.86. The fourth-order valence-corrected chi connectivity index (χ4v) is 3.85. The molecule has 4 aromatic rings. The molecular formula is C25H19BrO. The molecule has 27 heavy (non-hydrogen) atoms. The molecule has 0 aliphatic rings. The number of benzene rings is 4. The lowest BCUT2D eigenvalue weighted by atomic mass is 9.83. The van der Waals surface area contributed by atoms with Crippen LogP contribution in [-0.4, -0.2) is 5.78 Å². The molecule has 4 rings (SSSR count). The minimum absolute atomic E-state index is 0.0217. The number of carbonyl (C=O) groups is 1. The van der Waals surface area contributed by atoms with Crippen LogP contribution < -0.4 is 0 Å². The van der Waals surface area contributed by atoms with Gasteiger partial charge in [0.05, 0.1) is 0 Å². The number of Topliss-reactive ketones (excluding diaryl/α,β-unsaturated/α-hetero) is 1. The van der Waals surface area contributed by atoms with E-state index in [2.05, 4.69) is 70.5 Å². The van der Waals surface area contributed by atoms with Gasteiger partial charge in [-0.25, -0.2) is 0 Å². The predicted molar refractivity (Wildman–Crippen MR) is 115 cm³/mol. The van der Waals surface area contributed by atoms with Crippen LogP contribution >= 0.6 is 15.9 Å².